The summed E-state index contributed by atoms with van der Waals surface area (Å²) in [5.74, 6) is -0.199. The molecule has 1 fully saturated rings. The lowest BCUT2D eigenvalue weighted by Gasteiger charge is -2.30. The Bertz CT molecular complexity index is 425. The van der Waals surface area contributed by atoms with Crippen LogP contribution < -0.4 is 4.90 Å². The Kier molecular flexibility index (Phi) is 4.20. The minimum Gasteiger partial charge on any atom is -0.469 e. The van der Waals surface area contributed by atoms with Crippen LogP contribution in [0.15, 0.2) is 18.2 Å². The zero-order chi connectivity index (χ0) is 13.0. The molecule has 4 heteroatoms. The summed E-state index contributed by atoms with van der Waals surface area (Å²) in [6.07, 6.45) is 0.324. The molecule has 0 N–H and O–H groups in total. The Morgan fingerprint density at radius 1 is 1.39 bits per heavy atom. The molecule has 1 aromatic rings. The minimum absolute atomic E-state index is 0.199. The van der Waals surface area contributed by atoms with E-state index in [-0.39, 0.29) is 5.97 Å². The predicted octanol–water partition coefficient (Wildman–Crippen LogP) is 1.55. The Labute approximate surface area is 107 Å². The van der Waals surface area contributed by atoms with Gasteiger partial charge in [-0.3, -0.25) is 4.79 Å². The van der Waals surface area contributed by atoms with Crippen molar-refractivity contribution in [1.29, 1.82) is 0 Å². The Hall–Kier alpha value is -1.55. The molecule has 1 aliphatic heterocycles. The van der Waals surface area contributed by atoms with Gasteiger partial charge in [0.25, 0.3) is 0 Å². The first-order chi connectivity index (χ1) is 8.70. The number of esters is 1. The number of nitrogens with zero attached hydrogens (tertiary/aromatic N) is 1. The van der Waals surface area contributed by atoms with E-state index in [0.29, 0.717) is 6.42 Å². The van der Waals surface area contributed by atoms with Crippen molar-refractivity contribution >= 4 is 11.7 Å². The third kappa shape index (κ3) is 3.01. The van der Waals surface area contributed by atoms with E-state index >= 15 is 0 Å². The largest absolute Gasteiger partial charge is 0.469 e. The van der Waals surface area contributed by atoms with Crippen molar-refractivity contribution in [3.63, 3.8) is 0 Å². The first kappa shape index (κ1) is 12.9. The highest BCUT2D eigenvalue weighted by Gasteiger charge is 2.16. The molecule has 1 heterocycles. The van der Waals surface area contributed by atoms with Gasteiger partial charge >= 0.3 is 5.97 Å². The summed E-state index contributed by atoms with van der Waals surface area (Å²) in [7, 11) is 1.42. The van der Waals surface area contributed by atoms with Crippen LogP contribution in [0.4, 0.5) is 5.69 Å². The minimum atomic E-state index is -0.199. The molecule has 1 aromatic carbocycles. The fourth-order valence-electron chi connectivity index (χ4n) is 2.20. The summed E-state index contributed by atoms with van der Waals surface area (Å²) >= 11 is 0. The zero-order valence-corrected chi connectivity index (χ0v) is 10.9. The van der Waals surface area contributed by atoms with E-state index in [9.17, 15) is 4.79 Å². The molecule has 18 heavy (non-hydrogen) atoms. The second kappa shape index (κ2) is 5.87. The third-order valence-electron chi connectivity index (χ3n) is 3.15. The summed E-state index contributed by atoms with van der Waals surface area (Å²) in [6.45, 7) is 5.26. The lowest BCUT2D eigenvalue weighted by molar-refractivity contribution is -0.139. The van der Waals surface area contributed by atoms with Crippen LogP contribution in [0.25, 0.3) is 0 Å². The van der Waals surface area contributed by atoms with Crippen LogP contribution in [0.5, 0.6) is 0 Å². The van der Waals surface area contributed by atoms with Crippen molar-refractivity contribution in [2.24, 2.45) is 0 Å². The van der Waals surface area contributed by atoms with E-state index in [4.69, 9.17) is 9.47 Å². The molecule has 0 saturated carbocycles. The number of rotatable bonds is 3. The van der Waals surface area contributed by atoms with Crippen molar-refractivity contribution in [1.82, 2.24) is 0 Å². The fourth-order valence-corrected chi connectivity index (χ4v) is 2.20. The summed E-state index contributed by atoms with van der Waals surface area (Å²) in [4.78, 5) is 13.7. The van der Waals surface area contributed by atoms with Crippen molar-refractivity contribution in [3.05, 3.63) is 29.3 Å². The first-order valence-electron chi connectivity index (χ1n) is 6.20. The Balaban J connectivity index is 2.24. The van der Waals surface area contributed by atoms with Gasteiger partial charge in [0.1, 0.15) is 0 Å². The van der Waals surface area contributed by atoms with Gasteiger partial charge in [0.2, 0.25) is 0 Å². The normalized spacial score (nSPS) is 15.6. The predicted molar refractivity (Wildman–Crippen MR) is 69.9 cm³/mol. The number of ether oxygens (including phenoxy) is 2. The van der Waals surface area contributed by atoms with E-state index in [1.54, 1.807) is 0 Å². The molecule has 0 spiro atoms. The molecule has 0 aliphatic carbocycles. The molecular formula is C14H19NO3. The standard InChI is InChI=1S/C14H19NO3/c1-11-3-4-13(15-5-7-18-8-6-15)12(9-11)10-14(16)17-2/h3-4,9H,5-8,10H2,1-2H3. The average molecular weight is 249 g/mol. The number of hydrogen-bond donors (Lipinski definition) is 0. The number of carbonyl (C=O) groups is 1. The van der Waals surface area contributed by atoms with E-state index < -0.39 is 0 Å². The fraction of sp³-hybridized carbons (Fsp3) is 0.500. The molecule has 0 aromatic heterocycles. The third-order valence-corrected chi connectivity index (χ3v) is 3.15. The van der Waals surface area contributed by atoms with Gasteiger partial charge < -0.3 is 14.4 Å². The summed E-state index contributed by atoms with van der Waals surface area (Å²) in [5.41, 5.74) is 3.31. The topological polar surface area (TPSA) is 38.8 Å². The van der Waals surface area contributed by atoms with Gasteiger partial charge in [-0.15, -0.1) is 0 Å². The second-order valence-corrected chi connectivity index (χ2v) is 4.48. The Morgan fingerprint density at radius 2 is 2.11 bits per heavy atom. The summed E-state index contributed by atoms with van der Waals surface area (Å²) in [5, 5.41) is 0. The molecule has 0 atom stereocenters. The summed E-state index contributed by atoms with van der Waals surface area (Å²) in [6, 6.07) is 6.21. The number of morpholine rings is 1. The number of hydrogen-bond acceptors (Lipinski definition) is 4. The molecular weight excluding hydrogens is 230 g/mol. The molecule has 1 saturated heterocycles. The van der Waals surface area contributed by atoms with Gasteiger partial charge in [-0.1, -0.05) is 17.7 Å². The molecule has 1 aliphatic rings. The van der Waals surface area contributed by atoms with Gasteiger partial charge in [-0.25, -0.2) is 0 Å². The SMILES string of the molecule is COC(=O)Cc1cc(C)ccc1N1CCOCC1. The highest BCUT2D eigenvalue weighted by Crippen LogP contribution is 2.23. The number of anilines is 1. The molecule has 98 valence electrons. The van der Waals surface area contributed by atoms with Crippen molar-refractivity contribution in [2.75, 3.05) is 38.3 Å². The second-order valence-electron chi connectivity index (χ2n) is 4.48. The number of methoxy groups -OCH3 is 1. The summed E-state index contributed by atoms with van der Waals surface area (Å²) < 4.78 is 10.1. The van der Waals surface area contributed by atoms with Gasteiger partial charge in [0.15, 0.2) is 0 Å². The number of benzene rings is 1. The molecule has 0 amide bonds. The highest BCUT2D eigenvalue weighted by molar-refractivity contribution is 5.75. The van der Waals surface area contributed by atoms with Crippen LogP contribution in [0.1, 0.15) is 11.1 Å². The maximum atomic E-state index is 11.5. The zero-order valence-electron chi connectivity index (χ0n) is 10.9. The number of carbonyl (C=O) groups excluding carboxylic acids is 1. The van der Waals surface area contributed by atoms with E-state index in [1.807, 2.05) is 6.92 Å². The monoisotopic (exact) mass is 249 g/mol. The molecule has 4 nitrogen and oxygen atoms in total. The van der Waals surface area contributed by atoms with Crippen molar-refractivity contribution in [3.8, 4) is 0 Å². The lowest BCUT2D eigenvalue weighted by Crippen LogP contribution is -2.37. The van der Waals surface area contributed by atoms with Gasteiger partial charge in [-0.05, 0) is 18.6 Å². The average Bonchev–Trinajstić information content (AvgIpc) is 2.40. The van der Waals surface area contributed by atoms with Crippen LogP contribution in [0.2, 0.25) is 0 Å². The molecule has 0 radical (unpaired) electrons. The van der Waals surface area contributed by atoms with Crippen LogP contribution in [-0.4, -0.2) is 39.4 Å². The van der Waals surface area contributed by atoms with E-state index in [1.165, 1.54) is 7.11 Å². The van der Waals surface area contributed by atoms with Crippen LogP contribution in [-0.2, 0) is 20.7 Å². The highest BCUT2D eigenvalue weighted by atomic mass is 16.5. The maximum Gasteiger partial charge on any atom is 0.310 e. The van der Waals surface area contributed by atoms with Gasteiger partial charge in [0, 0.05) is 18.8 Å². The van der Waals surface area contributed by atoms with Crippen molar-refractivity contribution < 1.29 is 14.3 Å². The lowest BCUT2D eigenvalue weighted by atomic mass is 10.0. The Morgan fingerprint density at radius 3 is 2.78 bits per heavy atom. The van der Waals surface area contributed by atoms with Gasteiger partial charge in [-0.2, -0.15) is 0 Å². The van der Waals surface area contributed by atoms with Crippen LogP contribution >= 0.6 is 0 Å². The molecule has 0 bridgehead atoms. The molecule has 0 unspecified atom stereocenters. The van der Waals surface area contributed by atoms with E-state index in [0.717, 1.165) is 43.1 Å². The maximum absolute atomic E-state index is 11.5. The quantitative estimate of drug-likeness (QED) is 0.762. The first-order valence-corrected chi connectivity index (χ1v) is 6.20. The van der Waals surface area contributed by atoms with E-state index in [2.05, 4.69) is 23.1 Å². The smallest absolute Gasteiger partial charge is 0.310 e. The molecule has 2 rings (SSSR count). The van der Waals surface area contributed by atoms with Crippen LogP contribution in [0, 0.1) is 6.92 Å². The number of aryl methyl sites for hydroxylation is 1. The van der Waals surface area contributed by atoms with Crippen molar-refractivity contribution in [2.45, 2.75) is 13.3 Å². The van der Waals surface area contributed by atoms with Gasteiger partial charge in [0.05, 0.1) is 26.7 Å². The van der Waals surface area contributed by atoms with Crippen LogP contribution in [0.3, 0.4) is 0 Å².